The van der Waals surface area contributed by atoms with Gasteiger partial charge in [0.05, 0.1) is 25.7 Å². The first-order valence-corrected chi connectivity index (χ1v) is 11.6. The Hall–Kier alpha value is -3.80. The number of hydrogen-bond acceptors (Lipinski definition) is 9. The van der Waals surface area contributed by atoms with Gasteiger partial charge in [0.1, 0.15) is 11.7 Å². The number of amides is 2. The first kappa shape index (κ1) is 26.8. The summed E-state index contributed by atoms with van der Waals surface area (Å²) in [5, 5.41) is 5.59. The molecule has 0 aliphatic carbocycles. The molecule has 0 bridgehead atoms. The van der Waals surface area contributed by atoms with Gasteiger partial charge in [-0.2, -0.15) is 0 Å². The lowest BCUT2D eigenvalue weighted by molar-refractivity contribution is -0.147. The van der Waals surface area contributed by atoms with Crippen LogP contribution in [0.25, 0.3) is 0 Å². The smallest absolute Gasteiger partial charge is 0.506 e. The molecule has 1 aromatic carbocycles. The third kappa shape index (κ3) is 7.60. The van der Waals surface area contributed by atoms with Crippen LogP contribution >= 0.6 is 0 Å². The first-order chi connectivity index (χ1) is 17.3. The van der Waals surface area contributed by atoms with Gasteiger partial charge in [0.15, 0.2) is 6.10 Å². The van der Waals surface area contributed by atoms with Crippen LogP contribution in [0.1, 0.15) is 42.7 Å². The SMILES string of the molecule is COC(=O)C[C@H]1OB([C@H](CC(C)C)NC(=O)[C@H](Cc2ccccc2)NC(=O)c2cnccn2)OC1=O. The average Bonchev–Trinajstić information content (AvgIpc) is 3.23. The maximum Gasteiger partial charge on any atom is 0.552 e. The highest BCUT2D eigenvalue weighted by molar-refractivity contribution is 6.51. The third-order valence-electron chi connectivity index (χ3n) is 5.46. The summed E-state index contributed by atoms with van der Waals surface area (Å²) in [7, 11) is 0.121. The van der Waals surface area contributed by atoms with Crippen LogP contribution < -0.4 is 10.6 Å². The Morgan fingerprint density at radius 3 is 2.53 bits per heavy atom. The normalized spacial score (nSPS) is 16.7. The molecule has 1 saturated heterocycles. The van der Waals surface area contributed by atoms with Crippen molar-refractivity contribution in [3.05, 3.63) is 60.2 Å². The highest BCUT2D eigenvalue weighted by Crippen LogP contribution is 2.20. The lowest BCUT2D eigenvalue weighted by Crippen LogP contribution is -2.55. The van der Waals surface area contributed by atoms with Crippen molar-refractivity contribution in [2.45, 2.75) is 51.2 Å². The number of benzene rings is 1. The molecular weight excluding hydrogens is 467 g/mol. The molecule has 2 aromatic rings. The molecule has 1 aromatic heterocycles. The molecule has 2 N–H and O–H groups in total. The van der Waals surface area contributed by atoms with Crippen LogP contribution in [0.2, 0.25) is 0 Å². The predicted molar refractivity (Wildman–Crippen MR) is 128 cm³/mol. The number of nitrogens with zero attached hydrogens (tertiary/aromatic N) is 2. The zero-order chi connectivity index (χ0) is 26.1. The van der Waals surface area contributed by atoms with Crippen molar-refractivity contribution in [1.82, 2.24) is 20.6 Å². The number of aromatic nitrogens is 2. The molecule has 1 fully saturated rings. The van der Waals surface area contributed by atoms with Crippen LogP contribution in [0, 0.1) is 5.92 Å². The lowest BCUT2D eigenvalue weighted by Gasteiger charge is -2.25. The molecule has 190 valence electrons. The summed E-state index contributed by atoms with van der Waals surface area (Å²) in [6.07, 6.45) is 3.36. The standard InChI is InChI=1S/C24H29BN4O7/c1-15(2)11-20(25-35-19(24(33)36-25)13-21(30)34-3)29-22(31)17(12-16-7-5-4-6-8-16)28-23(32)18-14-26-9-10-27-18/h4-10,14-15,17,19-20H,11-13H2,1-3H3,(H,28,32)(H,29,31)/t17-,19+,20-/m0/s1. The lowest BCUT2D eigenvalue weighted by atomic mass is 9.74. The quantitative estimate of drug-likeness (QED) is 0.342. The van der Waals surface area contributed by atoms with Gasteiger partial charge in [0.25, 0.3) is 5.91 Å². The number of carbonyl (C=O) groups excluding carboxylic acids is 4. The van der Waals surface area contributed by atoms with Gasteiger partial charge in [0.2, 0.25) is 5.91 Å². The number of carbonyl (C=O) groups is 4. The van der Waals surface area contributed by atoms with Crippen molar-refractivity contribution in [2.75, 3.05) is 7.11 Å². The summed E-state index contributed by atoms with van der Waals surface area (Å²) in [5.74, 6) is -2.96. The molecular formula is C24H29BN4O7. The fourth-order valence-corrected chi connectivity index (χ4v) is 3.72. The molecule has 0 unspecified atom stereocenters. The van der Waals surface area contributed by atoms with E-state index in [1.165, 1.54) is 25.7 Å². The summed E-state index contributed by atoms with van der Waals surface area (Å²) in [6, 6.07) is 8.26. The predicted octanol–water partition coefficient (Wildman–Crippen LogP) is 0.881. The van der Waals surface area contributed by atoms with Crippen molar-refractivity contribution in [3.8, 4) is 0 Å². The monoisotopic (exact) mass is 496 g/mol. The Bertz CT molecular complexity index is 1050. The summed E-state index contributed by atoms with van der Waals surface area (Å²) >= 11 is 0. The van der Waals surface area contributed by atoms with Crippen LogP contribution in [0.15, 0.2) is 48.9 Å². The second kappa shape index (κ2) is 12.8. The van der Waals surface area contributed by atoms with Crippen molar-refractivity contribution >= 4 is 30.9 Å². The van der Waals surface area contributed by atoms with Gasteiger partial charge in [-0.05, 0) is 17.9 Å². The molecule has 11 nitrogen and oxygen atoms in total. The van der Waals surface area contributed by atoms with E-state index in [2.05, 4.69) is 25.3 Å². The van der Waals surface area contributed by atoms with Gasteiger partial charge in [0, 0.05) is 18.8 Å². The van der Waals surface area contributed by atoms with Crippen molar-refractivity contribution in [1.29, 1.82) is 0 Å². The van der Waals surface area contributed by atoms with Crippen LogP contribution in [-0.2, 0) is 34.9 Å². The van der Waals surface area contributed by atoms with E-state index in [4.69, 9.17) is 9.31 Å². The minimum absolute atomic E-state index is 0.0702. The summed E-state index contributed by atoms with van der Waals surface area (Å²) in [6.45, 7) is 3.89. The Kier molecular flexibility index (Phi) is 9.51. The Balaban J connectivity index is 1.76. The van der Waals surface area contributed by atoms with Gasteiger partial charge >= 0.3 is 19.1 Å². The van der Waals surface area contributed by atoms with E-state index in [9.17, 15) is 19.2 Å². The molecule has 2 heterocycles. The van der Waals surface area contributed by atoms with E-state index in [0.717, 1.165) is 5.56 Å². The van der Waals surface area contributed by atoms with Crippen LogP contribution in [-0.4, -0.2) is 66.0 Å². The van der Waals surface area contributed by atoms with Crippen LogP contribution in [0.5, 0.6) is 0 Å². The van der Waals surface area contributed by atoms with Gasteiger partial charge in [-0.1, -0.05) is 44.2 Å². The van der Waals surface area contributed by atoms with Gasteiger partial charge < -0.3 is 24.7 Å². The van der Waals surface area contributed by atoms with E-state index in [1.807, 2.05) is 44.2 Å². The highest BCUT2D eigenvalue weighted by atomic mass is 16.7. The summed E-state index contributed by atoms with van der Waals surface area (Å²) < 4.78 is 15.6. The van der Waals surface area contributed by atoms with Gasteiger partial charge in [-0.3, -0.25) is 24.2 Å². The minimum Gasteiger partial charge on any atom is -0.506 e. The number of rotatable bonds is 11. The number of methoxy groups -OCH3 is 1. The van der Waals surface area contributed by atoms with Crippen LogP contribution in [0.4, 0.5) is 0 Å². The summed E-state index contributed by atoms with van der Waals surface area (Å²) in [5.41, 5.74) is 0.903. The second-order valence-corrected chi connectivity index (χ2v) is 8.76. The molecule has 12 heteroatoms. The van der Waals surface area contributed by atoms with Crippen molar-refractivity contribution in [2.24, 2.45) is 5.92 Å². The molecule has 3 rings (SSSR count). The third-order valence-corrected chi connectivity index (χ3v) is 5.46. The molecule has 36 heavy (non-hydrogen) atoms. The maximum atomic E-state index is 13.4. The Morgan fingerprint density at radius 1 is 1.14 bits per heavy atom. The number of hydrogen-bond donors (Lipinski definition) is 2. The van der Waals surface area contributed by atoms with Crippen molar-refractivity contribution in [3.63, 3.8) is 0 Å². The Morgan fingerprint density at radius 2 is 1.89 bits per heavy atom. The van der Waals surface area contributed by atoms with Crippen LogP contribution in [0.3, 0.4) is 0 Å². The van der Waals surface area contributed by atoms with Gasteiger partial charge in [-0.25, -0.2) is 4.98 Å². The topological polar surface area (TPSA) is 146 Å². The maximum absolute atomic E-state index is 13.4. The zero-order valence-corrected chi connectivity index (χ0v) is 20.4. The van der Waals surface area contributed by atoms with E-state index in [0.29, 0.717) is 6.42 Å². The molecule has 0 radical (unpaired) electrons. The molecule has 3 atom stereocenters. The van der Waals surface area contributed by atoms with Crippen molar-refractivity contribution < 1.29 is 33.2 Å². The number of ether oxygens (including phenoxy) is 1. The molecule has 0 saturated carbocycles. The molecule has 1 aliphatic rings. The van der Waals surface area contributed by atoms with E-state index in [-0.39, 0.29) is 24.5 Å². The molecule has 0 spiro atoms. The molecule has 1 aliphatic heterocycles. The minimum atomic E-state index is -1.12. The Labute approximate surface area is 209 Å². The van der Waals surface area contributed by atoms with E-state index < -0.39 is 49.0 Å². The first-order valence-electron chi connectivity index (χ1n) is 11.6. The highest BCUT2D eigenvalue weighted by Gasteiger charge is 2.47. The number of nitrogens with one attached hydrogen (secondary N) is 2. The fourth-order valence-electron chi connectivity index (χ4n) is 3.72. The molecule has 2 amide bonds. The number of esters is 1. The average molecular weight is 496 g/mol. The van der Waals surface area contributed by atoms with E-state index >= 15 is 0 Å². The second-order valence-electron chi connectivity index (χ2n) is 8.76. The zero-order valence-electron chi connectivity index (χ0n) is 20.4. The summed E-state index contributed by atoms with van der Waals surface area (Å²) in [4.78, 5) is 57.9. The van der Waals surface area contributed by atoms with Gasteiger partial charge in [-0.15, -0.1) is 0 Å². The fraction of sp³-hybridized carbons (Fsp3) is 0.417. The van der Waals surface area contributed by atoms with E-state index in [1.54, 1.807) is 0 Å². The largest absolute Gasteiger partial charge is 0.552 e.